The highest BCUT2D eigenvalue weighted by Gasteiger charge is 2.37. The first-order valence-corrected chi connectivity index (χ1v) is 11.2. The van der Waals surface area contributed by atoms with Crippen LogP contribution in [0, 0.1) is 17.8 Å². The second-order valence-electron chi connectivity index (χ2n) is 8.20. The molecule has 1 heterocycles. The lowest BCUT2D eigenvalue weighted by Gasteiger charge is -2.37. The number of fused-ring (bicyclic) bond motifs is 1. The first-order chi connectivity index (χ1) is 13.6. The lowest BCUT2D eigenvalue weighted by molar-refractivity contribution is 0.0812. The molecule has 0 aliphatic carbocycles. The molecule has 8 heteroatoms. The summed E-state index contributed by atoms with van der Waals surface area (Å²) in [6.45, 7) is 5.00. The molecule has 0 aromatic heterocycles. The molecular formula is C21H33N3O4S. The Morgan fingerprint density at radius 1 is 1.28 bits per heavy atom. The van der Waals surface area contributed by atoms with Gasteiger partial charge in [-0.2, -0.15) is 4.31 Å². The fourth-order valence-electron chi connectivity index (χ4n) is 3.18. The summed E-state index contributed by atoms with van der Waals surface area (Å²) in [6.07, 6.45) is -0.197. The van der Waals surface area contributed by atoms with Crippen LogP contribution in [0.15, 0.2) is 23.1 Å². The number of aliphatic hydroxyl groups excluding tert-OH is 1. The van der Waals surface area contributed by atoms with E-state index in [-0.39, 0.29) is 30.1 Å². The van der Waals surface area contributed by atoms with Crippen molar-refractivity contribution in [2.45, 2.75) is 30.9 Å². The van der Waals surface area contributed by atoms with Gasteiger partial charge in [0.1, 0.15) is 16.7 Å². The molecule has 0 spiro atoms. The predicted molar refractivity (Wildman–Crippen MR) is 114 cm³/mol. The van der Waals surface area contributed by atoms with Gasteiger partial charge in [-0.1, -0.05) is 18.8 Å². The third kappa shape index (κ3) is 5.93. The number of hydrogen-bond donors (Lipinski definition) is 1. The van der Waals surface area contributed by atoms with Crippen molar-refractivity contribution in [2.24, 2.45) is 5.92 Å². The van der Waals surface area contributed by atoms with E-state index in [1.807, 2.05) is 44.9 Å². The van der Waals surface area contributed by atoms with Gasteiger partial charge in [0.25, 0.3) is 0 Å². The van der Waals surface area contributed by atoms with E-state index in [0.29, 0.717) is 24.4 Å². The second kappa shape index (κ2) is 9.92. The van der Waals surface area contributed by atoms with Crippen molar-refractivity contribution in [1.82, 2.24) is 14.1 Å². The zero-order chi connectivity index (χ0) is 21.8. The number of hydrogen-bond acceptors (Lipinski definition) is 6. The summed E-state index contributed by atoms with van der Waals surface area (Å²) in [6, 6.07) is 4.45. The Balaban J connectivity index is 2.56. The van der Waals surface area contributed by atoms with Crippen molar-refractivity contribution in [1.29, 1.82) is 0 Å². The molecule has 1 aliphatic heterocycles. The van der Waals surface area contributed by atoms with Crippen LogP contribution >= 0.6 is 0 Å². The van der Waals surface area contributed by atoms with Crippen LogP contribution < -0.4 is 4.74 Å². The van der Waals surface area contributed by atoms with Gasteiger partial charge >= 0.3 is 0 Å². The van der Waals surface area contributed by atoms with Crippen LogP contribution in [0.3, 0.4) is 0 Å². The lowest BCUT2D eigenvalue weighted by Crippen LogP contribution is -2.49. The van der Waals surface area contributed by atoms with Gasteiger partial charge in [-0.25, -0.2) is 8.42 Å². The standard InChI is InChI=1S/C21H33N3O4S/c1-16-13-24(17(2)15-25)29(26,27)21-10-9-18(8-7-11-22(3)4)12-19(21)28-20(16)14-23(5)6/h9-10,12,16-17,20,25H,11,13-15H2,1-6H3/t16-,17-,20+/m1/s1. The third-order valence-electron chi connectivity index (χ3n) is 4.84. The van der Waals surface area contributed by atoms with Crippen molar-refractivity contribution >= 4 is 10.0 Å². The predicted octanol–water partition coefficient (Wildman–Crippen LogP) is 0.930. The maximum Gasteiger partial charge on any atom is 0.247 e. The van der Waals surface area contributed by atoms with Gasteiger partial charge in [-0.05, 0) is 53.3 Å². The van der Waals surface area contributed by atoms with Crippen LogP contribution in [0.1, 0.15) is 19.4 Å². The topological polar surface area (TPSA) is 73.3 Å². The SMILES string of the molecule is C[C@@H]1CN([C@H](C)CO)S(=O)(=O)c2ccc(C#CCN(C)C)cc2O[C@H]1CN(C)C. The van der Waals surface area contributed by atoms with E-state index >= 15 is 0 Å². The average molecular weight is 424 g/mol. The molecule has 1 aliphatic rings. The molecule has 0 saturated heterocycles. The molecule has 2 rings (SSSR count). The Morgan fingerprint density at radius 3 is 2.55 bits per heavy atom. The van der Waals surface area contributed by atoms with E-state index in [1.54, 1.807) is 25.1 Å². The molecule has 0 bridgehead atoms. The number of sulfonamides is 1. The van der Waals surface area contributed by atoms with Crippen molar-refractivity contribution in [2.75, 3.05) is 54.4 Å². The molecule has 1 aromatic carbocycles. The largest absolute Gasteiger partial charge is 0.487 e. The summed E-state index contributed by atoms with van der Waals surface area (Å²) < 4.78 is 34.3. The molecule has 29 heavy (non-hydrogen) atoms. The van der Waals surface area contributed by atoms with Gasteiger partial charge in [0.15, 0.2) is 0 Å². The molecule has 0 fully saturated rings. The zero-order valence-electron chi connectivity index (χ0n) is 18.2. The fourth-order valence-corrected chi connectivity index (χ4v) is 5.01. The zero-order valence-corrected chi connectivity index (χ0v) is 19.0. The van der Waals surface area contributed by atoms with Crippen LogP contribution in [-0.2, 0) is 10.0 Å². The molecule has 1 aromatic rings. The summed E-state index contributed by atoms with van der Waals surface area (Å²) in [4.78, 5) is 4.11. The van der Waals surface area contributed by atoms with E-state index < -0.39 is 16.1 Å². The Labute approximate surface area is 175 Å². The normalized spacial score (nSPS) is 22.8. The molecule has 1 N–H and O–H groups in total. The minimum Gasteiger partial charge on any atom is -0.487 e. The summed E-state index contributed by atoms with van der Waals surface area (Å²) in [5.74, 6) is 6.39. The number of likely N-dealkylation sites (N-methyl/N-ethyl adjacent to an activating group) is 1. The minimum atomic E-state index is -3.81. The van der Waals surface area contributed by atoms with Gasteiger partial charge < -0.3 is 14.7 Å². The fraction of sp³-hybridized carbons (Fsp3) is 0.619. The lowest BCUT2D eigenvalue weighted by atomic mass is 10.0. The first kappa shape index (κ1) is 23.6. The van der Waals surface area contributed by atoms with Crippen molar-refractivity contribution in [3.8, 4) is 17.6 Å². The van der Waals surface area contributed by atoms with Crippen molar-refractivity contribution < 1.29 is 18.3 Å². The number of aliphatic hydroxyl groups is 1. The molecule has 0 saturated carbocycles. The van der Waals surface area contributed by atoms with Gasteiger partial charge in [-0.3, -0.25) is 4.90 Å². The molecule has 162 valence electrons. The number of rotatable bonds is 5. The number of nitrogens with zero attached hydrogens (tertiary/aromatic N) is 3. The Hall–Kier alpha value is -1.63. The third-order valence-corrected chi connectivity index (χ3v) is 6.86. The van der Waals surface area contributed by atoms with E-state index in [1.165, 1.54) is 4.31 Å². The summed E-state index contributed by atoms with van der Waals surface area (Å²) in [5, 5.41) is 9.65. The van der Waals surface area contributed by atoms with Gasteiger partial charge in [0, 0.05) is 30.6 Å². The van der Waals surface area contributed by atoms with Crippen LogP contribution in [0.4, 0.5) is 0 Å². The Bertz CT molecular complexity index is 858. The average Bonchev–Trinajstić information content (AvgIpc) is 2.63. The van der Waals surface area contributed by atoms with Gasteiger partial charge in [-0.15, -0.1) is 0 Å². The van der Waals surface area contributed by atoms with Gasteiger partial charge in [0.05, 0.1) is 13.2 Å². The highest BCUT2D eigenvalue weighted by Crippen LogP contribution is 2.34. The van der Waals surface area contributed by atoms with Crippen LogP contribution in [0.2, 0.25) is 0 Å². The van der Waals surface area contributed by atoms with E-state index in [0.717, 1.165) is 0 Å². The van der Waals surface area contributed by atoms with E-state index in [9.17, 15) is 13.5 Å². The Kier molecular flexibility index (Phi) is 8.09. The molecule has 3 atom stereocenters. The summed E-state index contributed by atoms with van der Waals surface area (Å²) in [7, 11) is 3.99. The highest BCUT2D eigenvalue weighted by atomic mass is 32.2. The van der Waals surface area contributed by atoms with Crippen LogP contribution in [0.25, 0.3) is 0 Å². The molecule has 0 amide bonds. The monoisotopic (exact) mass is 423 g/mol. The number of ether oxygens (including phenoxy) is 1. The van der Waals surface area contributed by atoms with Crippen molar-refractivity contribution in [3.63, 3.8) is 0 Å². The molecule has 0 unspecified atom stereocenters. The van der Waals surface area contributed by atoms with Crippen LogP contribution in [0.5, 0.6) is 5.75 Å². The molecule has 0 radical (unpaired) electrons. The first-order valence-electron chi connectivity index (χ1n) is 9.78. The summed E-state index contributed by atoms with van der Waals surface area (Å²) >= 11 is 0. The number of benzene rings is 1. The molecular weight excluding hydrogens is 390 g/mol. The van der Waals surface area contributed by atoms with E-state index in [2.05, 4.69) is 11.8 Å². The smallest absolute Gasteiger partial charge is 0.247 e. The second-order valence-corrected chi connectivity index (χ2v) is 10.1. The Morgan fingerprint density at radius 2 is 1.97 bits per heavy atom. The molecule has 7 nitrogen and oxygen atoms in total. The highest BCUT2D eigenvalue weighted by molar-refractivity contribution is 7.89. The quantitative estimate of drug-likeness (QED) is 0.711. The van der Waals surface area contributed by atoms with Gasteiger partial charge in [0.2, 0.25) is 10.0 Å². The maximum absolute atomic E-state index is 13.3. The minimum absolute atomic E-state index is 0.0576. The maximum atomic E-state index is 13.3. The van der Waals surface area contributed by atoms with Crippen LogP contribution in [-0.4, -0.2) is 94.2 Å². The van der Waals surface area contributed by atoms with Crippen molar-refractivity contribution in [3.05, 3.63) is 23.8 Å². The van der Waals surface area contributed by atoms with E-state index in [4.69, 9.17) is 4.74 Å². The summed E-state index contributed by atoms with van der Waals surface area (Å²) in [5.41, 5.74) is 0.708.